The van der Waals surface area contributed by atoms with Crippen LogP contribution in [0, 0.1) is 5.82 Å². The van der Waals surface area contributed by atoms with E-state index in [9.17, 15) is 9.50 Å². The summed E-state index contributed by atoms with van der Waals surface area (Å²) in [5, 5.41) is 12.7. The van der Waals surface area contributed by atoms with Crippen molar-refractivity contribution < 1.29 is 9.50 Å². The average Bonchev–Trinajstić information content (AvgIpc) is 2.37. The summed E-state index contributed by atoms with van der Waals surface area (Å²) in [5.41, 5.74) is 1.11. The Morgan fingerprint density at radius 3 is 2.42 bits per heavy atom. The van der Waals surface area contributed by atoms with E-state index in [0.717, 1.165) is 4.47 Å². The number of halogens is 4. The SMILES string of the molecule is Oc1c(Cl)cc(NCc2cc(Br)ccc2F)cc1Cl. The standard InChI is InChI=1S/C13H9BrCl2FNO/c14-8-1-2-12(17)7(3-8)6-18-9-4-10(15)13(19)11(16)5-9/h1-5,18-19H,6H2. The Bertz CT molecular complexity index is 599. The zero-order valence-corrected chi connectivity index (χ0v) is 12.7. The highest BCUT2D eigenvalue weighted by Gasteiger charge is 2.07. The lowest BCUT2D eigenvalue weighted by Gasteiger charge is -2.10. The van der Waals surface area contributed by atoms with Crippen LogP contribution in [0.25, 0.3) is 0 Å². The van der Waals surface area contributed by atoms with E-state index in [-0.39, 0.29) is 28.2 Å². The molecule has 100 valence electrons. The highest BCUT2D eigenvalue weighted by atomic mass is 79.9. The van der Waals surface area contributed by atoms with Crippen molar-refractivity contribution in [3.63, 3.8) is 0 Å². The van der Waals surface area contributed by atoms with Gasteiger partial charge in [0.1, 0.15) is 5.82 Å². The van der Waals surface area contributed by atoms with Crippen LogP contribution in [-0.4, -0.2) is 5.11 Å². The van der Waals surface area contributed by atoms with Crippen LogP contribution in [0.4, 0.5) is 10.1 Å². The van der Waals surface area contributed by atoms with Gasteiger partial charge in [-0.25, -0.2) is 4.39 Å². The summed E-state index contributed by atoms with van der Waals surface area (Å²) < 4.78 is 14.3. The minimum atomic E-state index is -0.299. The Morgan fingerprint density at radius 2 is 1.79 bits per heavy atom. The maximum absolute atomic E-state index is 13.5. The first-order valence-corrected chi connectivity index (χ1v) is 6.88. The van der Waals surface area contributed by atoms with Gasteiger partial charge in [-0.05, 0) is 30.3 Å². The first-order chi connectivity index (χ1) is 8.97. The quantitative estimate of drug-likeness (QED) is 0.732. The summed E-state index contributed by atoms with van der Waals surface area (Å²) in [4.78, 5) is 0. The van der Waals surface area contributed by atoms with E-state index in [1.165, 1.54) is 18.2 Å². The van der Waals surface area contributed by atoms with Gasteiger partial charge in [0, 0.05) is 22.3 Å². The third kappa shape index (κ3) is 3.53. The summed E-state index contributed by atoms with van der Waals surface area (Å²) >= 11 is 14.9. The van der Waals surface area contributed by atoms with Gasteiger partial charge < -0.3 is 10.4 Å². The molecule has 2 N–H and O–H groups in total. The summed E-state index contributed by atoms with van der Waals surface area (Å²) in [6.07, 6.45) is 0. The number of anilines is 1. The largest absolute Gasteiger partial charge is 0.505 e. The van der Waals surface area contributed by atoms with Crippen LogP contribution in [0.1, 0.15) is 5.56 Å². The molecule has 0 unspecified atom stereocenters. The molecule has 0 spiro atoms. The number of hydrogen-bond acceptors (Lipinski definition) is 2. The zero-order chi connectivity index (χ0) is 14.0. The molecule has 0 radical (unpaired) electrons. The molecule has 19 heavy (non-hydrogen) atoms. The number of hydrogen-bond donors (Lipinski definition) is 2. The average molecular weight is 365 g/mol. The van der Waals surface area contributed by atoms with Crippen LogP contribution in [0.15, 0.2) is 34.8 Å². The molecule has 0 aliphatic rings. The molecule has 0 fully saturated rings. The topological polar surface area (TPSA) is 32.3 Å². The fraction of sp³-hybridized carbons (Fsp3) is 0.0769. The van der Waals surface area contributed by atoms with Crippen LogP contribution >= 0.6 is 39.1 Å². The third-order valence-electron chi connectivity index (χ3n) is 2.51. The second-order valence-corrected chi connectivity index (χ2v) is 5.61. The third-order valence-corrected chi connectivity index (χ3v) is 3.58. The van der Waals surface area contributed by atoms with Crippen LogP contribution in [0.2, 0.25) is 10.0 Å². The molecule has 0 aromatic heterocycles. The first-order valence-electron chi connectivity index (χ1n) is 5.33. The Balaban J connectivity index is 2.17. The second kappa shape index (κ2) is 5.99. The normalized spacial score (nSPS) is 10.5. The van der Waals surface area contributed by atoms with E-state index >= 15 is 0 Å². The summed E-state index contributed by atoms with van der Waals surface area (Å²) in [7, 11) is 0. The lowest BCUT2D eigenvalue weighted by atomic mass is 10.2. The van der Waals surface area contributed by atoms with E-state index in [4.69, 9.17) is 23.2 Å². The Morgan fingerprint density at radius 1 is 1.16 bits per heavy atom. The molecule has 0 amide bonds. The molecule has 0 aliphatic heterocycles. The van der Waals surface area contributed by atoms with Gasteiger partial charge in [0.05, 0.1) is 10.0 Å². The lowest BCUT2D eigenvalue weighted by Crippen LogP contribution is -2.02. The maximum atomic E-state index is 13.5. The van der Waals surface area contributed by atoms with Gasteiger partial charge in [-0.3, -0.25) is 0 Å². The summed E-state index contributed by atoms with van der Waals surface area (Å²) in [5.74, 6) is -0.464. The van der Waals surface area contributed by atoms with Gasteiger partial charge in [-0.15, -0.1) is 0 Å². The van der Waals surface area contributed by atoms with Crippen molar-refractivity contribution in [2.45, 2.75) is 6.54 Å². The van der Waals surface area contributed by atoms with Crippen molar-refractivity contribution in [1.82, 2.24) is 0 Å². The highest BCUT2D eigenvalue weighted by molar-refractivity contribution is 9.10. The molecular formula is C13H9BrCl2FNO. The zero-order valence-electron chi connectivity index (χ0n) is 9.55. The lowest BCUT2D eigenvalue weighted by molar-refractivity contribution is 0.476. The van der Waals surface area contributed by atoms with Gasteiger partial charge in [0.2, 0.25) is 0 Å². The molecule has 2 nitrogen and oxygen atoms in total. The number of aromatic hydroxyl groups is 1. The molecule has 0 atom stereocenters. The predicted molar refractivity (Wildman–Crippen MR) is 79.6 cm³/mol. The minimum absolute atomic E-state index is 0.143. The number of phenols is 1. The fourth-order valence-electron chi connectivity index (χ4n) is 1.54. The van der Waals surface area contributed by atoms with E-state index < -0.39 is 0 Å². The predicted octanol–water partition coefficient (Wildman–Crippen LogP) is 5.21. The van der Waals surface area contributed by atoms with Gasteiger partial charge in [0.25, 0.3) is 0 Å². The number of rotatable bonds is 3. The Hall–Kier alpha value is -0.970. The molecular weight excluding hydrogens is 356 g/mol. The smallest absolute Gasteiger partial charge is 0.152 e. The number of benzene rings is 2. The maximum Gasteiger partial charge on any atom is 0.152 e. The Kier molecular flexibility index (Phi) is 4.55. The molecule has 2 aromatic rings. The van der Waals surface area contributed by atoms with Crippen molar-refractivity contribution in [3.05, 3.63) is 56.2 Å². The van der Waals surface area contributed by atoms with Gasteiger partial charge in [-0.2, -0.15) is 0 Å². The van der Waals surface area contributed by atoms with Crippen LogP contribution in [0.5, 0.6) is 5.75 Å². The van der Waals surface area contributed by atoms with Gasteiger partial charge in [0.15, 0.2) is 5.75 Å². The molecule has 2 aromatic carbocycles. The van der Waals surface area contributed by atoms with E-state index in [2.05, 4.69) is 21.2 Å². The van der Waals surface area contributed by atoms with Crippen LogP contribution in [-0.2, 0) is 6.54 Å². The summed E-state index contributed by atoms with van der Waals surface area (Å²) in [6.45, 7) is 0.280. The van der Waals surface area contributed by atoms with E-state index in [1.807, 2.05) is 0 Å². The van der Waals surface area contributed by atoms with Crippen molar-refractivity contribution >= 4 is 44.8 Å². The Labute approximate surface area is 128 Å². The fourth-order valence-corrected chi connectivity index (χ4v) is 2.44. The van der Waals surface area contributed by atoms with Crippen LogP contribution in [0.3, 0.4) is 0 Å². The van der Waals surface area contributed by atoms with Gasteiger partial charge >= 0.3 is 0 Å². The van der Waals surface area contributed by atoms with Crippen molar-refractivity contribution in [2.24, 2.45) is 0 Å². The molecule has 6 heteroatoms. The monoisotopic (exact) mass is 363 g/mol. The van der Waals surface area contributed by atoms with Gasteiger partial charge in [-0.1, -0.05) is 39.1 Å². The molecule has 0 saturated carbocycles. The second-order valence-electron chi connectivity index (χ2n) is 3.88. The minimum Gasteiger partial charge on any atom is -0.505 e. The number of phenolic OH excluding ortho intramolecular Hbond substituents is 1. The molecule has 0 heterocycles. The molecule has 0 aliphatic carbocycles. The first kappa shape index (κ1) is 14.4. The highest BCUT2D eigenvalue weighted by Crippen LogP contribution is 2.34. The molecule has 0 bridgehead atoms. The number of nitrogens with one attached hydrogen (secondary N) is 1. The van der Waals surface area contributed by atoms with E-state index in [0.29, 0.717) is 11.3 Å². The van der Waals surface area contributed by atoms with Crippen molar-refractivity contribution in [1.29, 1.82) is 0 Å². The van der Waals surface area contributed by atoms with Crippen molar-refractivity contribution in [2.75, 3.05) is 5.32 Å². The van der Waals surface area contributed by atoms with Crippen LogP contribution < -0.4 is 5.32 Å². The van der Waals surface area contributed by atoms with Crippen molar-refractivity contribution in [3.8, 4) is 5.75 Å². The van der Waals surface area contributed by atoms with E-state index in [1.54, 1.807) is 12.1 Å². The molecule has 0 saturated heterocycles. The summed E-state index contributed by atoms with van der Waals surface area (Å²) in [6, 6.07) is 7.76. The molecule has 2 rings (SSSR count).